The van der Waals surface area contributed by atoms with Gasteiger partial charge in [-0.1, -0.05) is 19.4 Å². The van der Waals surface area contributed by atoms with E-state index in [1.165, 1.54) is 0 Å². The maximum atomic E-state index is 12.9. The number of amides is 1. The van der Waals surface area contributed by atoms with E-state index in [0.717, 1.165) is 35.3 Å². The van der Waals surface area contributed by atoms with Gasteiger partial charge in [0.1, 0.15) is 17.1 Å². The lowest BCUT2D eigenvalue weighted by Gasteiger charge is -2.10. The maximum Gasteiger partial charge on any atom is 0.274 e. The molecule has 2 heterocycles. The first-order chi connectivity index (χ1) is 11.5. The zero-order chi connectivity index (χ0) is 17.3. The Balaban J connectivity index is 2.05. The third kappa shape index (κ3) is 2.85. The van der Waals surface area contributed by atoms with Crippen molar-refractivity contribution in [3.8, 4) is 5.75 Å². The third-order valence-corrected chi connectivity index (χ3v) is 4.08. The zero-order valence-electron chi connectivity index (χ0n) is 14.1. The molecule has 0 aliphatic heterocycles. The summed E-state index contributed by atoms with van der Waals surface area (Å²) in [7, 11) is 0. The van der Waals surface area contributed by atoms with Gasteiger partial charge in [-0.3, -0.25) is 9.20 Å². The van der Waals surface area contributed by atoms with Crippen LogP contribution in [0, 0.1) is 13.8 Å². The van der Waals surface area contributed by atoms with Gasteiger partial charge in [-0.25, -0.2) is 4.98 Å². The van der Waals surface area contributed by atoms with Crippen molar-refractivity contribution in [2.24, 2.45) is 0 Å². The van der Waals surface area contributed by atoms with E-state index in [1.54, 1.807) is 18.2 Å². The van der Waals surface area contributed by atoms with Crippen molar-refractivity contribution in [1.82, 2.24) is 9.38 Å². The van der Waals surface area contributed by atoms with Crippen molar-refractivity contribution in [3.05, 3.63) is 59.0 Å². The maximum absolute atomic E-state index is 12.9. The van der Waals surface area contributed by atoms with Gasteiger partial charge in [0.2, 0.25) is 0 Å². The molecule has 0 saturated heterocycles. The van der Waals surface area contributed by atoms with Gasteiger partial charge >= 0.3 is 0 Å². The summed E-state index contributed by atoms with van der Waals surface area (Å²) in [6.45, 7) is 5.91. The number of hydrogen-bond acceptors (Lipinski definition) is 3. The molecule has 5 heteroatoms. The number of carbonyl (C=O) groups is 1. The van der Waals surface area contributed by atoms with Gasteiger partial charge in [-0.15, -0.1) is 0 Å². The number of hydrogen-bond donors (Lipinski definition) is 2. The lowest BCUT2D eigenvalue weighted by molar-refractivity contribution is 0.102. The van der Waals surface area contributed by atoms with Crippen LogP contribution in [0.3, 0.4) is 0 Å². The van der Waals surface area contributed by atoms with E-state index in [9.17, 15) is 9.90 Å². The highest BCUT2D eigenvalue weighted by Crippen LogP contribution is 2.23. The lowest BCUT2D eigenvalue weighted by Crippen LogP contribution is -2.17. The number of phenols is 1. The van der Waals surface area contributed by atoms with Crippen LogP contribution in [0.2, 0.25) is 0 Å². The minimum Gasteiger partial charge on any atom is -0.508 e. The normalized spacial score (nSPS) is 11.0. The summed E-state index contributed by atoms with van der Waals surface area (Å²) < 4.78 is 1.85. The van der Waals surface area contributed by atoms with Crippen molar-refractivity contribution < 1.29 is 9.90 Å². The molecule has 0 radical (unpaired) electrons. The average Bonchev–Trinajstić information content (AvgIpc) is 2.90. The van der Waals surface area contributed by atoms with Gasteiger partial charge in [-0.05, 0) is 55.7 Å². The first-order valence-corrected chi connectivity index (χ1v) is 8.08. The van der Waals surface area contributed by atoms with Crippen LogP contribution in [0.4, 0.5) is 5.69 Å². The number of imidazole rings is 1. The molecule has 3 aromatic rings. The van der Waals surface area contributed by atoms with Crippen LogP contribution < -0.4 is 5.32 Å². The number of anilines is 1. The first-order valence-electron chi connectivity index (χ1n) is 8.08. The molecule has 0 saturated carbocycles. The summed E-state index contributed by atoms with van der Waals surface area (Å²) in [5.74, 6) is -0.00654. The number of phenolic OH excluding ortho intramolecular Hbond substituents is 1. The number of aryl methyl sites for hydroxylation is 3. The molecule has 1 aromatic carbocycles. The van der Waals surface area contributed by atoms with Crippen molar-refractivity contribution in [2.45, 2.75) is 33.6 Å². The molecule has 124 valence electrons. The second-order valence-electron chi connectivity index (χ2n) is 6.00. The Morgan fingerprint density at radius 1 is 1.25 bits per heavy atom. The fourth-order valence-electron chi connectivity index (χ4n) is 2.87. The number of aromatic hydroxyl groups is 1. The highest BCUT2D eigenvalue weighted by atomic mass is 16.3. The number of benzene rings is 1. The Kier molecular flexibility index (Phi) is 4.25. The van der Waals surface area contributed by atoms with Crippen molar-refractivity contribution in [3.63, 3.8) is 0 Å². The topological polar surface area (TPSA) is 66.6 Å². The number of carbonyl (C=O) groups excluding carboxylic acids is 1. The van der Waals surface area contributed by atoms with E-state index in [0.29, 0.717) is 11.4 Å². The number of nitrogens with zero attached hydrogens (tertiary/aromatic N) is 2. The molecule has 24 heavy (non-hydrogen) atoms. The van der Waals surface area contributed by atoms with Gasteiger partial charge in [0, 0.05) is 11.9 Å². The largest absolute Gasteiger partial charge is 0.508 e. The predicted molar refractivity (Wildman–Crippen MR) is 94.7 cm³/mol. The van der Waals surface area contributed by atoms with E-state index in [-0.39, 0.29) is 11.7 Å². The molecule has 0 fully saturated rings. The molecular weight excluding hydrogens is 302 g/mol. The van der Waals surface area contributed by atoms with Crippen molar-refractivity contribution in [1.29, 1.82) is 0 Å². The van der Waals surface area contributed by atoms with Crippen LogP contribution in [0.15, 0.2) is 36.5 Å². The monoisotopic (exact) mass is 323 g/mol. The Morgan fingerprint density at radius 2 is 2.04 bits per heavy atom. The third-order valence-electron chi connectivity index (χ3n) is 4.08. The van der Waals surface area contributed by atoms with Gasteiger partial charge in [0.15, 0.2) is 0 Å². The fourth-order valence-corrected chi connectivity index (χ4v) is 2.87. The van der Waals surface area contributed by atoms with E-state index >= 15 is 0 Å². The second-order valence-corrected chi connectivity index (χ2v) is 6.00. The van der Waals surface area contributed by atoms with Gasteiger partial charge in [0.25, 0.3) is 5.91 Å². The van der Waals surface area contributed by atoms with Crippen LogP contribution in [0.1, 0.15) is 40.7 Å². The smallest absolute Gasteiger partial charge is 0.274 e. The number of pyridine rings is 1. The number of aromatic nitrogens is 2. The van der Waals surface area contributed by atoms with Crippen molar-refractivity contribution >= 4 is 17.2 Å². The molecule has 5 nitrogen and oxygen atoms in total. The van der Waals surface area contributed by atoms with Crippen LogP contribution >= 0.6 is 0 Å². The SMILES string of the molecule is CCCc1nc2c(C)cccn2c1C(=O)Nc1ccc(O)cc1C. The Morgan fingerprint density at radius 3 is 2.75 bits per heavy atom. The molecule has 3 rings (SSSR count). The fraction of sp³-hybridized carbons (Fsp3) is 0.263. The summed E-state index contributed by atoms with van der Waals surface area (Å²) >= 11 is 0. The predicted octanol–water partition coefficient (Wildman–Crippen LogP) is 3.86. The highest BCUT2D eigenvalue weighted by molar-refractivity contribution is 6.05. The molecule has 0 atom stereocenters. The van der Waals surface area contributed by atoms with Crippen LogP contribution in [0.25, 0.3) is 5.65 Å². The summed E-state index contributed by atoms with van der Waals surface area (Å²) in [5.41, 5.74) is 4.72. The molecule has 1 amide bonds. The first kappa shape index (κ1) is 16.1. The zero-order valence-corrected chi connectivity index (χ0v) is 14.1. The quantitative estimate of drug-likeness (QED) is 0.716. The van der Waals surface area contributed by atoms with E-state index < -0.39 is 0 Å². The van der Waals surface area contributed by atoms with Crippen LogP contribution in [0.5, 0.6) is 5.75 Å². The molecule has 0 aliphatic carbocycles. The number of rotatable bonds is 4. The van der Waals surface area contributed by atoms with Gasteiger partial charge < -0.3 is 10.4 Å². The molecule has 0 bridgehead atoms. The summed E-state index contributed by atoms with van der Waals surface area (Å²) in [4.78, 5) is 17.6. The molecule has 2 aromatic heterocycles. The standard InChI is InChI=1S/C19H21N3O2/c1-4-6-16-17(22-10-5-7-12(2)18(22)20-16)19(24)21-15-9-8-14(23)11-13(15)3/h5,7-11,23H,4,6H2,1-3H3,(H,21,24). The minimum atomic E-state index is -0.190. The Hall–Kier alpha value is -2.82. The molecule has 0 aliphatic rings. The average molecular weight is 323 g/mol. The van der Waals surface area contributed by atoms with Crippen molar-refractivity contribution in [2.75, 3.05) is 5.32 Å². The van der Waals surface area contributed by atoms with Gasteiger partial charge in [-0.2, -0.15) is 0 Å². The number of nitrogens with one attached hydrogen (secondary N) is 1. The summed E-state index contributed by atoms with van der Waals surface area (Å²) in [5, 5.41) is 12.5. The lowest BCUT2D eigenvalue weighted by atomic mass is 10.1. The Labute approximate surface area is 141 Å². The van der Waals surface area contributed by atoms with Gasteiger partial charge in [0.05, 0.1) is 5.69 Å². The number of fused-ring (bicyclic) bond motifs is 1. The molecule has 2 N–H and O–H groups in total. The molecular formula is C19H21N3O2. The summed E-state index contributed by atoms with van der Waals surface area (Å²) in [6, 6.07) is 8.80. The van der Waals surface area contributed by atoms with Crippen LogP contribution in [-0.2, 0) is 6.42 Å². The molecule has 0 spiro atoms. The second kappa shape index (κ2) is 6.35. The van der Waals surface area contributed by atoms with E-state index in [4.69, 9.17) is 0 Å². The highest BCUT2D eigenvalue weighted by Gasteiger charge is 2.20. The minimum absolute atomic E-state index is 0.183. The van der Waals surface area contributed by atoms with E-state index in [2.05, 4.69) is 17.2 Å². The summed E-state index contributed by atoms with van der Waals surface area (Å²) in [6.07, 6.45) is 3.53. The molecule has 0 unspecified atom stereocenters. The van der Waals surface area contributed by atoms with E-state index in [1.807, 2.05) is 36.6 Å². The Bertz CT molecular complexity index is 912. The van der Waals surface area contributed by atoms with Crippen LogP contribution in [-0.4, -0.2) is 20.4 Å².